The van der Waals surface area contributed by atoms with Crippen molar-refractivity contribution in [3.63, 3.8) is 0 Å². The molecule has 0 spiro atoms. The fourth-order valence-corrected chi connectivity index (χ4v) is 11.8. The molecule has 8 amide bonds. The summed E-state index contributed by atoms with van der Waals surface area (Å²) in [6.45, 7) is 3.23. The molecule has 2 bridgehead atoms. The molecule has 24 nitrogen and oxygen atoms in total. The summed E-state index contributed by atoms with van der Waals surface area (Å²) in [6.07, 6.45) is 4.79. The van der Waals surface area contributed by atoms with Gasteiger partial charge in [-0.05, 0) is 129 Å². The Morgan fingerprint density at radius 3 is 1.92 bits per heavy atom. The van der Waals surface area contributed by atoms with Crippen LogP contribution in [0.25, 0.3) is 0 Å². The molecule has 24 heteroatoms. The Labute approximate surface area is 572 Å². The number of benzene rings is 5. The number of esters is 1. The van der Waals surface area contributed by atoms with Crippen molar-refractivity contribution >= 4 is 59.2 Å². The molecule has 5 aromatic rings. The minimum Gasteiger partial charge on any atom is -0.493 e. The molecule has 8 rings (SSSR count). The summed E-state index contributed by atoms with van der Waals surface area (Å²) in [4.78, 5) is 149. The number of aryl methyl sites for hydroxylation is 2. The Kier molecular flexibility index (Phi) is 26.9. The van der Waals surface area contributed by atoms with Gasteiger partial charge in [0.1, 0.15) is 42.3 Å². The first-order valence-electron chi connectivity index (χ1n) is 33.1. The van der Waals surface area contributed by atoms with Crippen LogP contribution in [0.15, 0.2) is 140 Å². The Morgan fingerprint density at radius 1 is 0.612 bits per heavy atom. The number of morpholine rings is 1. The van der Waals surface area contributed by atoms with Gasteiger partial charge in [0.2, 0.25) is 35.3 Å². The molecule has 2 fully saturated rings. The maximum absolute atomic E-state index is 15.1. The van der Waals surface area contributed by atoms with Gasteiger partial charge in [-0.25, -0.2) is 9.59 Å². The van der Waals surface area contributed by atoms with Crippen molar-refractivity contribution in [3.8, 4) is 23.0 Å². The van der Waals surface area contributed by atoms with Gasteiger partial charge in [-0.15, -0.1) is 0 Å². The summed E-state index contributed by atoms with van der Waals surface area (Å²) in [6, 6.07) is 31.8. The van der Waals surface area contributed by atoms with Gasteiger partial charge in [-0.3, -0.25) is 38.4 Å². The van der Waals surface area contributed by atoms with Crippen molar-refractivity contribution in [2.75, 3.05) is 94.5 Å². The average molecular weight is 1350 g/mol. The molecular weight excluding hydrogens is 1260 g/mol. The number of Topliss-reactive ketones (excluding diaryl/α,β-unsaturated/α-hetero) is 1. The van der Waals surface area contributed by atoms with Gasteiger partial charge in [0.15, 0.2) is 18.1 Å². The highest BCUT2D eigenvalue weighted by Crippen LogP contribution is 2.32. The van der Waals surface area contributed by atoms with Crippen molar-refractivity contribution in [1.29, 1.82) is 0 Å². The van der Waals surface area contributed by atoms with Crippen LogP contribution >= 0.6 is 0 Å². The normalized spacial score (nSPS) is 21.2. The van der Waals surface area contributed by atoms with Crippen LogP contribution in [0.4, 0.5) is 4.79 Å². The van der Waals surface area contributed by atoms with Gasteiger partial charge in [-0.2, -0.15) is 0 Å². The molecule has 3 N–H and O–H groups in total. The molecule has 0 unspecified atom stereocenters. The molecule has 0 saturated carbocycles. The Bertz CT molecular complexity index is 3620. The number of piperidine rings is 1. The van der Waals surface area contributed by atoms with E-state index in [1.807, 2.05) is 36.4 Å². The number of hydrogen-bond donors (Lipinski definition) is 3. The molecule has 0 aromatic heterocycles. The number of cyclic esters (lactones) is 1. The Balaban J connectivity index is 1.11. The third kappa shape index (κ3) is 21.0. The highest BCUT2D eigenvalue weighted by Gasteiger charge is 2.42. The third-order valence-electron chi connectivity index (χ3n) is 17.7. The van der Waals surface area contributed by atoms with Crippen LogP contribution in [0.2, 0.25) is 0 Å². The number of methoxy groups -OCH3 is 2. The SMILES string of the molecule is COc1ccc(CC[C@H]2NC(=O)[C@@H]3CCCCN3C(=O)C(=O)C(C)(C)COC(=O)C=CCCN(C)C(=O)[C@@H](Cc3ccccc3)NC(=O)CN(C)C(=O)[C@@H](Cc3ccccc3)NC(=O)[C@H](CCc3ccc(OC(=O)N4CCOCC4)cc3)N(C)C(=O)COc3cccc2c3)cc1OC. The van der Waals surface area contributed by atoms with Gasteiger partial charge in [0, 0.05) is 66.2 Å². The van der Waals surface area contributed by atoms with Gasteiger partial charge in [0.05, 0.1) is 45.4 Å². The first kappa shape index (κ1) is 73.7. The summed E-state index contributed by atoms with van der Waals surface area (Å²) < 4.78 is 33.9. The van der Waals surface area contributed by atoms with E-state index in [0.717, 1.165) is 21.6 Å². The van der Waals surface area contributed by atoms with E-state index in [1.165, 1.54) is 69.0 Å². The zero-order chi connectivity index (χ0) is 70.3. The molecule has 2 saturated heterocycles. The van der Waals surface area contributed by atoms with Gasteiger partial charge in [-0.1, -0.05) is 97.1 Å². The Hall–Kier alpha value is -10.1. The van der Waals surface area contributed by atoms with Crippen molar-refractivity contribution in [2.24, 2.45) is 5.41 Å². The first-order valence-corrected chi connectivity index (χ1v) is 33.1. The molecule has 0 radical (unpaired) electrons. The number of hydrogen-bond acceptors (Lipinski definition) is 16. The lowest BCUT2D eigenvalue weighted by Crippen LogP contribution is -2.57. The van der Waals surface area contributed by atoms with Gasteiger partial charge < -0.3 is 68.9 Å². The van der Waals surface area contributed by atoms with Crippen LogP contribution in [0.3, 0.4) is 0 Å². The van der Waals surface area contributed by atoms with E-state index in [9.17, 15) is 43.2 Å². The predicted molar refractivity (Wildman–Crippen MR) is 363 cm³/mol. The molecule has 0 aliphatic carbocycles. The van der Waals surface area contributed by atoms with Crippen LogP contribution in [-0.4, -0.2) is 202 Å². The molecule has 3 heterocycles. The van der Waals surface area contributed by atoms with E-state index < -0.39 is 115 Å². The number of rotatable bonds is 13. The lowest BCUT2D eigenvalue weighted by molar-refractivity contribution is -0.157. The molecule has 5 atom stereocenters. The number of ether oxygens (including phenoxy) is 6. The zero-order valence-corrected chi connectivity index (χ0v) is 56.9. The second-order valence-corrected chi connectivity index (χ2v) is 25.4. The van der Waals surface area contributed by atoms with Crippen molar-refractivity contribution < 1.29 is 76.4 Å². The number of nitrogens with zero attached hydrogens (tertiary/aromatic N) is 5. The van der Waals surface area contributed by atoms with Gasteiger partial charge in [0.25, 0.3) is 11.8 Å². The van der Waals surface area contributed by atoms with E-state index in [0.29, 0.717) is 80.4 Å². The van der Waals surface area contributed by atoms with Crippen LogP contribution < -0.4 is 34.9 Å². The van der Waals surface area contributed by atoms with Crippen LogP contribution in [-0.2, 0) is 78.3 Å². The minimum atomic E-state index is -1.50. The lowest BCUT2D eigenvalue weighted by atomic mass is 9.87. The number of ketones is 1. The van der Waals surface area contributed by atoms with Crippen LogP contribution in [0.1, 0.15) is 86.2 Å². The number of carbonyl (C=O) groups excluding carboxylic acids is 10. The number of fused-ring (bicyclic) bond motifs is 3. The monoisotopic (exact) mass is 1350 g/mol. The highest BCUT2D eigenvalue weighted by molar-refractivity contribution is 6.38. The molecular formula is C74H90N8O16. The summed E-state index contributed by atoms with van der Waals surface area (Å²) in [5.41, 5.74) is 2.09. The summed E-state index contributed by atoms with van der Waals surface area (Å²) in [7, 11) is 7.49. The smallest absolute Gasteiger partial charge is 0.415 e. The zero-order valence-electron chi connectivity index (χ0n) is 56.9. The van der Waals surface area contributed by atoms with E-state index in [4.69, 9.17) is 28.4 Å². The number of nitrogens with one attached hydrogen (secondary N) is 3. The summed E-state index contributed by atoms with van der Waals surface area (Å²) in [5.74, 6) is -4.56. The quantitative estimate of drug-likeness (QED) is 0.0898. The summed E-state index contributed by atoms with van der Waals surface area (Å²) in [5, 5.41) is 8.94. The summed E-state index contributed by atoms with van der Waals surface area (Å²) >= 11 is 0. The standard InChI is InChI=1S/C74H90N8O16/c1-74(2)49-97-66(85)26-15-16-37-78(3)70(89)58(43-51-19-10-8-11-20-51)75-64(83)47-79(4)71(90)59(44-52-21-12-9-13-22-52)77-68(87)60(35-30-50-27-32-55(33-28-50)98-73(92)81-39-41-95-42-40-81)80(5)65(84)48-96-56-24-18-23-54(46-56)57(34-29-53-31-36-62(93-6)63(45-53)94-7)76-69(88)61-25-14-17-38-82(61)72(91)67(74)86/h8-13,15,18-24,26-28,31-33,36,45-46,57-61H,14,16-17,25,29-30,34-35,37-44,47-49H2,1-7H3,(H,75,83)(H,76,88)(H,77,87)/t57-,58-,59-,60+,61+/m1/s1. The maximum atomic E-state index is 15.1. The largest absolute Gasteiger partial charge is 0.493 e. The van der Waals surface area contributed by atoms with Crippen molar-refractivity contribution in [1.82, 2.24) is 40.4 Å². The van der Waals surface area contributed by atoms with Crippen molar-refractivity contribution in [2.45, 2.75) is 108 Å². The van der Waals surface area contributed by atoms with Crippen LogP contribution in [0.5, 0.6) is 23.0 Å². The number of likely N-dealkylation sites (N-methyl/N-ethyl adjacent to an activating group) is 3. The van der Waals surface area contributed by atoms with E-state index in [-0.39, 0.29) is 57.4 Å². The third-order valence-corrected chi connectivity index (χ3v) is 17.7. The fourth-order valence-electron chi connectivity index (χ4n) is 11.8. The molecule has 3 aliphatic heterocycles. The second kappa shape index (κ2) is 35.8. The number of amides is 8. The van der Waals surface area contributed by atoms with E-state index in [1.54, 1.807) is 103 Å². The minimum absolute atomic E-state index is 0.0116. The van der Waals surface area contributed by atoms with E-state index in [2.05, 4.69) is 16.0 Å². The highest BCUT2D eigenvalue weighted by atomic mass is 16.6. The van der Waals surface area contributed by atoms with E-state index >= 15 is 4.79 Å². The number of carbonyl (C=O) groups is 10. The maximum Gasteiger partial charge on any atom is 0.415 e. The second-order valence-electron chi connectivity index (χ2n) is 25.4. The topological polar surface area (TPSA) is 278 Å². The average Bonchev–Trinajstić information content (AvgIpc) is 0.814. The molecule has 522 valence electrons. The first-order chi connectivity index (χ1) is 47.1. The van der Waals surface area contributed by atoms with Crippen LogP contribution in [0, 0.1) is 5.41 Å². The molecule has 5 aromatic carbocycles. The molecule has 98 heavy (non-hydrogen) atoms. The predicted octanol–water partition coefficient (Wildman–Crippen LogP) is 6.01. The lowest BCUT2D eigenvalue weighted by Gasteiger charge is -2.36. The molecule has 3 aliphatic rings. The Morgan fingerprint density at radius 2 is 1.24 bits per heavy atom. The van der Waals surface area contributed by atoms with Crippen molar-refractivity contribution in [3.05, 3.63) is 167 Å². The fraction of sp³-hybridized carbons (Fsp3) is 0.432. The van der Waals surface area contributed by atoms with Gasteiger partial charge >= 0.3 is 12.1 Å².